The van der Waals surface area contributed by atoms with Gasteiger partial charge < -0.3 is 25.8 Å². The lowest BCUT2D eigenvalue weighted by Gasteiger charge is -2.34. The summed E-state index contributed by atoms with van der Waals surface area (Å²) >= 11 is 1.46. The number of piperazine rings is 1. The predicted molar refractivity (Wildman–Crippen MR) is 178 cm³/mol. The molecule has 0 radical (unpaired) electrons. The summed E-state index contributed by atoms with van der Waals surface area (Å²) in [4.78, 5) is 31.9. The number of carbonyl (C=O) groups excluding carboxylic acids is 2. The second kappa shape index (κ2) is 11.4. The number of thiophene rings is 1. The van der Waals surface area contributed by atoms with E-state index < -0.39 is 0 Å². The number of amides is 2. The van der Waals surface area contributed by atoms with Crippen molar-refractivity contribution in [2.24, 2.45) is 0 Å². The van der Waals surface area contributed by atoms with Gasteiger partial charge in [-0.1, -0.05) is 48.5 Å². The third-order valence-corrected chi connectivity index (χ3v) is 9.10. The average molecular weight is 586 g/mol. The molecular formula is C35H31N5O2S. The van der Waals surface area contributed by atoms with Gasteiger partial charge in [-0.05, 0) is 72.6 Å². The molecule has 4 aromatic carbocycles. The Morgan fingerprint density at radius 2 is 1.51 bits per heavy atom. The van der Waals surface area contributed by atoms with Crippen molar-refractivity contribution in [1.82, 2.24) is 4.90 Å². The van der Waals surface area contributed by atoms with E-state index in [1.54, 1.807) is 0 Å². The Labute approximate surface area is 254 Å². The molecule has 8 heteroatoms. The second-order valence-corrected chi connectivity index (χ2v) is 12.0. The van der Waals surface area contributed by atoms with Crippen molar-refractivity contribution in [1.29, 1.82) is 0 Å². The Hall–Kier alpha value is -4.92. The molecule has 2 aliphatic heterocycles. The number of hydrogen-bond donors (Lipinski definition) is 3. The van der Waals surface area contributed by atoms with Crippen LogP contribution in [0.1, 0.15) is 20.8 Å². The Kier molecular flexibility index (Phi) is 7.14. The lowest BCUT2D eigenvalue weighted by molar-refractivity contribution is -0.110. The maximum absolute atomic E-state index is 13.5. The van der Waals surface area contributed by atoms with Gasteiger partial charge in [-0.15, -0.1) is 11.3 Å². The van der Waals surface area contributed by atoms with Gasteiger partial charge in [-0.3, -0.25) is 9.59 Å². The van der Waals surface area contributed by atoms with Gasteiger partial charge in [-0.25, -0.2) is 0 Å². The van der Waals surface area contributed by atoms with Crippen LogP contribution >= 0.6 is 11.3 Å². The molecule has 0 atom stereocenters. The summed E-state index contributed by atoms with van der Waals surface area (Å²) in [5.41, 5.74) is 6.36. The highest BCUT2D eigenvalue weighted by Gasteiger charge is 2.29. The first-order valence-electron chi connectivity index (χ1n) is 14.4. The van der Waals surface area contributed by atoms with Crippen molar-refractivity contribution < 1.29 is 9.59 Å². The summed E-state index contributed by atoms with van der Waals surface area (Å²) in [6.07, 6.45) is 0. The van der Waals surface area contributed by atoms with E-state index in [9.17, 15) is 9.59 Å². The summed E-state index contributed by atoms with van der Waals surface area (Å²) in [6.45, 7) is 4.11. The third-order valence-electron chi connectivity index (χ3n) is 7.99. The van der Waals surface area contributed by atoms with Crippen LogP contribution in [0.25, 0.3) is 21.4 Å². The molecule has 0 unspecified atom stereocenters. The Morgan fingerprint density at radius 1 is 0.791 bits per heavy atom. The van der Waals surface area contributed by atoms with Crippen molar-refractivity contribution >= 4 is 67.3 Å². The highest BCUT2D eigenvalue weighted by molar-refractivity contribution is 7.20. The third kappa shape index (κ3) is 5.50. The van der Waals surface area contributed by atoms with Crippen LogP contribution in [0.15, 0.2) is 103 Å². The summed E-state index contributed by atoms with van der Waals surface area (Å²) in [5, 5.41) is 10.6. The van der Waals surface area contributed by atoms with E-state index >= 15 is 0 Å². The fourth-order valence-corrected chi connectivity index (χ4v) is 6.59. The molecule has 0 bridgehead atoms. The van der Waals surface area contributed by atoms with Crippen LogP contribution in [0.5, 0.6) is 0 Å². The topological polar surface area (TPSA) is 76.7 Å². The highest BCUT2D eigenvalue weighted by atomic mass is 32.1. The molecule has 3 N–H and O–H groups in total. The SMILES string of the molecule is CN1CCN(c2ccc(N/C(=C3\C(=O)Nc4cc(NC(=O)c5cc6ccccc6s5)ccc43)c3ccccc3)cc2)CC1. The molecule has 5 aromatic rings. The van der Waals surface area contributed by atoms with Gasteiger partial charge in [0, 0.05) is 53.5 Å². The first kappa shape index (κ1) is 26.9. The number of carbonyl (C=O) groups is 2. The number of anilines is 4. The molecule has 0 spiro atoms. The molecule has 2 aliphatic rings. The summed E-state index contributed by atoms with van der Waals surface area (Å²) in [6, 6.07) is 33.7. The number of likely N-dealkylation sites (N-methyl/N-ethyl adjacent to an activating group) is 1. The molecule has 2 amide bonds. The monoisotopic (exact) mass is 585 g/mol. The van der Waals surface area contributed by atoms with Gasteiger partial charge in [0.2, 0.25) is 0 Å². The van der Waals surface area contributed by atoms with Crippen LogP contribution in [-0.2, 0) is 4.79 Å². The minimum atomic E-state index is -0.191. The maximum atomic E-state index is 13.5. The zero-order valence-corrected chi connectivity index (χ0v) is 24.6. The molecular weight excluding hydrogens is 554 g/mol. The van der Waals surface area contributed by atoms with E-state index in [4.69, 9.17) is 0 Å². The smallest absolute Gasteiger partial charge is 0.265 e. The molecule has 0 aliphatic carbocycles. The molecule has 3 heterocycles. The molecule has 1 fully saturated rings. The summed E-state index contributed by atoms with van der Waals surface area (Å²) in [5.74, 6) is -0.365. The normalized spacial score (nSPS) is 16.1. The van der Waals surface area contributed by atoms with Gasteiger partial charge in [-0.2, -0.15) is 0 Å². The molecule has 0 saturated carbocycles. The zero-order valence-electron chi connectivity index (χ0n) is 23.8. The van der Waals surface area contributed by atoms with Crippen molar-refractivity contribution in [2.45, 2.75) is 0 Å². The zero-order chi connectivity index (χ0) is 29.3. The van der Waals surface area contributed by atoms with E-state index in [2.05, 4.69) is 57.1 Å². The maximum Gasteiger partial charge on any atom is 0.265 e. The minimum Gasteiger partial charge on any atom is -0.369 e. The lowest BCUT2D eigenvalue weighted by atomic mass is 9.99. The van der Waals surface area contributed by atoms with E-state index in [1.165, 1.54) is 17.0 Å². The van der Waals surface area contributed by atoms with E-state index in [-0.39, 0.29) is 11.8 Å². The molecule has 214 valence electrons. The van der Waals surface area contributed by atoms with E-state index in [0.717, 1.165) is 58.8 Å². The Bertz CT molecular complexity index is 1820. The summed E-state index contributed by atoms with van der Waals surface area (Å²) < 4.78 is 1.07. The fourth-order valence-electron chi connectivity index (χ4n) is 5.63. The number of fused-ring (bicyclic) bond motifs is 2. The number of nitrogens with zero attached hydrogens (tertiary/aromatic N) is 2. The van der Waals surface area contributed by atoms with Crippen LogP contribution in [0.3, 0.4) is 0 Å². The highest BCUT2D eigenvalue weighted by Crippen LogP contribution is 2.39. The molecule has 7 nitrogen and oxygen atoms in total. The molecule has 1 aromatic heterocycles. The van der Waals surface area contributed by atoms with Crippen molar-refractivity contribution in [3.63, 3.8) is 0 Å². The number of hydrogen-bond acceptors (Lipinski definition) is 6. The van der Waals surface area contributed by atoms with E-state index in [1.807, 2.05) is 78.9 Å². The van der Waals surface area contributed by atoms with Crippen molar-refractivity contribution in [2.75, 3.05) is 54.1 Å². The van der Waals surface area contributed by atoms with Gasteiger partial charge in [0.15, 0.2) is 0 Å². The lowest BCUT2D eigenvalue weighted by Crippen LogP contribution is -2.44. The van der Waals surface area contributed by atoms with Crippen LogP contribution in [0.4, 0.5) is 22.7 Å². The van der Waals surface area contributed by atoms with Crippen molar-refractivity contribution in [3.8, 4) is 0 Å². The van der Waals surface area contributed by atoms with Crippen LogP contribution < -0.4 is 20.9 Å². The van der Waals surface area contributed by atoms with Crippen LogP contribution in [-0.4, -0.2) is 49.9 Å². The Morgan fingerprint density at radius 3 is 2.28 bits per heavy atom. The molecule has 7 rings (SSSR count). The average Bonchev–Trinajstić information content (AvgIpc) is 3.61. The number of rotatable bonds is 6. The molecule has 43 heavy (non-hydrogen) atoms. The van der Waals surface area contributed by atoms with Crippen LogP contribution in [0, 0.1) is 0 Å². The summed E-state index contributed by atoms with van der Waals surface area (Å²) in [7, 11) is 2.16. The van der Waals surface area contributed by atoms with Gasteiger partial charge in [0.05, 0.1) is 21.8 Å². The van der Waals surface area contributed by atoms with Crippen molar-refractivity contribution in [3.05, 3.63) is 119 Å². The number of benzene rings is 4. The first-order chi connectivity index (χ1) is 21.0. The Balaban J connectivity index is 1.17. The van der Waals surface area contributed by atoms with Gasteiger partial charge in [0.1, 0.15) is 0 Å². The van der Waals surface area contributed by atoms with Gasteiger partial charge >= 0.3 is 0 Å². The number of nitrogens with one attached hydrogen (secondary N) is 3. The largest absolute Gasteiger partial charge is 0.369 e. The predicted octanol–water partition coefficient (Wildman–Crippen LogP) is 6.84. The second-order valence-electron chi connectivity index (χ2n) is 10.9. The minimum absolute atomic E-state index is 0.173. The van der Waals surface area contributed by atoms with Gasteiger partial charge in [0.25, 0.3) is 11.8 Å². The van der Waals surface area contributed by atoms with Crippen LogP contribution in [0.2, 0.25) is 0 Å². The fraction of sp³-hybridized carbons (Fsp3) is 0.143. The first-order valence-corrected chi connectivity index (χ1v) is 15.2. The van der Waals surface area contributed by atoms with E-state index in [0.29, 0.717) is 21.8 Å². The standard InChI is InChI=1S/C35H31N5O2S/c1-39-17-19-40(20-18-39)27-14-11-25(12-15-27)36-33(23-7-3-2-4-8-23)32-28-16-13-26(22-29(28)38-35(32)42)37-34(41)31-21-24-9-5-6-10-30(24)43-31/h2-16,21-22,36H,17-20H2,1H3,(H,37,41)(H,38,42)/b33-32-. The quantitative estimate of drug-likeness (QED) is 0.190. The molecule has 1 saturated heterocycles.